The van der Waals surface area contributed by atoms with Gasteiger partial charge in [-0.15, -0.1) is 0 Å². The molecule has 21 heavy (non-hydrogen) atoms. The van der Waals surface area contributed by atoms with Gasteiger partial charge < -0.3 is 20.1 Å². The quantitative estimate of drug-likeness (QED) is 0.870. The first-order valence-electron chi connectivity index (χ1n) is 7.38. The molecule has 5 nitrogen and oxygen atoms in total. The normalized spacial score (nSPS) is 19.7. The molecule has 116 valence electrons. The van der Waals surface area contributed by atoms with E-state index in [1.807, 2.05) is 25.1 Å². The van der Waals surface area contributed by atoms with Crippen molar-refractivity contribution in [1.29, 1.82) is 0 Å². The molecule has 1 amide bonds. The molecule has 1 saturated heterocycles. The molecule has 0 aromatic heterocycles. The number of methoxy groups -OCH3 is 2. The molecular formula is C16H24N2O3. The van der Waals surface area contributed by atoms with Crippen LogP contribution < -0.4 is 20.1 Å². The molecule has 0 radical (unpaired) electrons. The predicted molar refractivity (Wildman–Crippen MR) is 81.7 cm³/mol. The third-order valence-corrected chi connectivity index (χ3v) is 3.93. The fraction of sp³-hybridized carbons (Fsp3) is 0.562. The van der Waals surface area contributed by atoms with Gasteiger partial charge in [-0.1, -0.05) is 0 Å². The molecule has 0 saturated carbocycles. The number of piperidine rings is 1. The highest BCUT2D eigenvalue weighted by Crippen LogP contribution is 2.29. The molecule has 1 fully saturated rings. The molecule has 1 aromatic rings. The van der Waals surface area contributed by atoms with Gasteiger partial charge in [0.2, 0.25) is 5.91 Å². The van der Waals surface area contributed by atoms with Crippen molar-refractivity contribution in [2.45, 2.75) is 25.8 Å². The number of hydrogen-bond acceptors (Lipinski definition) is 4. The van der Waals surface area contributed by atoms with E-state index in [4.69, 9.17) is 9.47 Å². The van der Waals surface area contributed by atoms with Crippen molar-refractivity contribution >= 4 is 5.91 Å². The van der Waals surface area contributed by atoms with Gasteiger partial charge >= 0.3 is 0 Å². The summed E-state index contributed by atoms with van der Waals surface area (Å²) >= 11 is 0. The summed E-state index contributed by atoms with van der Waals surface area (Å²) < 4.78 is 10.6. The SMILES string of the molecule is COc1ccc(C(C)NC(=O)[C@@H]2CCCNC2)c(OC)c1. The zero-order chi connectivity index (χ0) is 15.2. The number of carbonyl (C=O) groups excluding carboxylic acids is 1. The first-order valence-corrected chi connectivity index (χ1v) is 7.38. The van der Waals surface area contributed by atoms with Gasteiger partial charge in [0.1, 0.15) is 11.5 Å². The molecule has 1 aliphatic heterocycles. The second-order valence-corrected chi connectivity index (χ2v) is 5.38. The van der Waals surface area contributed by atoms with Gasteiger partial charge in [-0.25, -0.2) is 0 Å². The van der Waals surface area contributed by atoms with Gasteiger partial charge in [-0.2, -0.15) is 0 Å². The summed E-state index contributed by atoms with van der Waals surface area (Å²) in [5.74, 6) is 1.63. The minimum Gasteiger partial charge on any atom is -0.497 e. The number of ether oxygens (including phenoxy) is 2. The highest BCUT2D eigenvalue weighted by molar-refractivity contribution is 5.79. The molecule has 1 aliphatic rings. The van der Waals surface area contributed by atoms with Crippen molar-refractivity contribution in [3.05, 3.63) is 23.8 Å². The average molecular weight is 292 g/mol. The lowest BCUT2D eigenvalue weighted by molar-refractivity contribution is -0.126. The number of benzene rings is 1. The first kappa shape index (κ1) is 15.6. The van der Waals surface area contributed by atoms with Gasteiger partial charge in [-0.3, -0.25) is 4.79 Å². The third kappa shape index (κ3) is 3.88. The van der Waals surface area contributed by atoms with Crippen molar-refractivity contribution in [2.75, 3.05) is 27.3 Å². The summed E-state index contributed by atoms with van der Waals surface area (Å²) in [6.45, 7) is 3.74. The third-order valence-electron chi connectivity index (χ3n) is 3.93. The predicted octanol–water partition coefficient (Wildman–Crippen LogP) is 1.88. The van der Waals surface area contributed by atoms with Gasteiger partial charge in [0.25, 0.3) is 0 Å². The zero-order valence-corrected chi connectivity index (χ0v) is 12.9. The Morgan fingerprint density at radius 1 is 1.38 bits per heavy atom. The smallest absolute Gasteiger partial charge is 0.224 e. The topological polar surface area (TPSA) is 59.6 Å². The summed E-state index contributed by atoms with van der Waals surface area (Å²) in [4.78, 5) is 12.3. The van der Waals surface area contributed by atoms with Gasteiger partial charge in [0.05, 0.1) is 26.2 Å². The van der Waals surface area contributed by atoms with E-state index in [1.54, 1.807) is 14.2 Å². The van der Waals surface area contributed by atoms with Gasteiger partial charge in [0, 0.05) is 18.2 Å². The highest BCUT2D eigenvalue weighted by Gasteiger charge is 2.23. The van der Waals surface area contributed by atoms with Crippen LogP contribution in [-0.4, -0.2) is 33.2 Å². The van der Waals surface area contributed by atoms with Crippen LogP contribution in [0.15, 0.2) is 18.2 Å². The molecule has 1 heterocycles. The number of nitrogens with one attached hydrogen (secondary N) is 2. The molecule has 0 aliphatic carbocycles. The monoisotopic (exact) mass is 292 g/mol. The molecule has 0 bridgehead atoms. The van der Waals surface area contributed by atoms with E-state index in [0.717, 1.165) is 43.0 Å². The van der Waals surface area contributed by atoms with E-state index in [0.29, 0.717) is 0 Å². The van der Waals surface area contributed by atoms with Crippen molar-refractivity contribution in [2.24, 2.45) is 5.92 Å². The molecule has 5 heteroatoms. The van der Waals surface area contributed by atoms with E-state index in [-0.39, 0.29) is 17.9 Å². The summed E-state index contributed by atoms with van der Waals surface area (Å²) in [5.41, 5.74) is 0.954. The summed E-state index contributed by atoms with van der Waals surface area (Å²) in [6, 6.07) is 5.55. The molecule has 0 spiro atoms. The lowest BCUT2D eigenvalue weighted by atomic mass is 9.97. The fourth-order valence-electron chi connectivity index (χ4n) is 2.66. The molecule has 2 atom stereocenters. The zero-order valence-electron chi connectivity index (χ0n) is 12.9. The maximum Gasteiger partial charge on any atom is 0.224 e. The highest BCUT2D eigenvalue weighted by atomic mass is 16.5. The molecular weight excluding hydrogens is 268 g/mol. The summed E-state index contributed by atoms with van der Waals surface area (Å²) in [5, 5.41) is 6.34. The standard InChI is InChI=1S/C16H24N2O3/c1-11(18-16(19)12-5-4-8-17-10-12)14-7-6-13(20-2)9-15(14)21-3/h6-7,9,11-12,17H,4-5,8,10H2,1-3H3,(H,18,19)/t11?,12-/m1/s1. The van der Waals surface area contributed by atoms with Crippen LogP contribution in [0.3, 0.4) is 0 Å². The van der Waals surface area contributed by atoms with Crippen LogP contribution in [-0.2, 0) is 4.79 Å². The van der Waals surface area contributed by atoms with Crippen LogP contribution in [0.2, 0.25) is 0 Å². The van der Waals surface area contributed by atoms with Crippen LogP contribution in [0.1, 0.15) is 31.4 Å². The van der Waals surface area contributed by atoms with Crippen LogP contribution in [0, 0.1) is 5.92 Å². The van der Waals surface area contributed by atoms with Gasteiger partial charge in [-0.05, 0) is 38.4 Å². The van der Waals surface area contributed by atoms with Gasteiger partial charge in [0.15, 0.2) is 0 Å². The summed E-state index contributed by atoms with van der Waals surface area (Å²) in [7, 11) is 3.24. The van der Waals surface area contributed by atoms with Crippen molar-refractivity contribution in [1.82, 2.24) is 10.6 Å². The Balaban J connectivity index is 2.05. The molecule has 1 unspecified atom stereocenters. The van der Waals surface area contributed by atoms with Crippen molar-refractivity contribution in [3.63, 3.8) is 0 Å². The number of amides is 1. The van der Waals surface area contributed by atoms with E-state index in [9.17, 15) is 4.79 Å². The van der Waals surface area contributed by atoms with E-state index in [1.165, 1.54) is 0 Å². The maximum absolute atomic E-state index is 12.3. The second-order valence-electron chi connectivity index (χ2n) is 5.38. The molecule has 1 aromatic carbocycles. The second kappa shape index (κ2) is 7.31. The molecule has 2 N–H and O–H groups in total. The van der Waals surface area contributed by atoms with E-state index in [2.05, 4.69) is 10.6 Å². The van der Waals surface area contributed by atoms with Crippen LogP contribution in [0.25, 0.3) is 0 Å². The summed E-state index contributed by atoms with van der Waals surface area (Å²) in [6.07, 6.45) is 2.00. The Labute approximate surface area is 126 Å². The minimum absolute atomic E-state index is 0.0606. The number of carbonyl (C=O) groups is 1. The minimum atomic E-state index is -0.0970. The number of rotatable bonds is 5. The van der Waals surface area contributed by atoms with Crippen molar-refractivity contribution in [3.8, 4) is 11.5 Å². The average Bonchev–Trinajstić information content (AvgIpc) is 2.54. The lowest BCUT2D eigenvalue weighted by Gasteiger charge is -2.25. The van der Waals surface area contributed by atoms with E-state index < -0.39 is 0 Å². The van der Waals surface area contributed by atoms with E-state index >= 15 is 0 Å². The Bertz CT molecular complexity index is 484. The van der Waals surface area contributed by atoms with Crippen LogP contribution in [0.5, 0.6) is 11.5 Å². The maximum atomic E-state index is 12.3. The fourth-order valence-corrected chi connectivity index (χ4v) is 2.66. The van der Waals surface area contributed by atoms with Crippen molar-refractivity contribution < 1.29 is 14.3 Å². The number of hydrogen-bond donors (Lipinski definition) is 2. The first-order chi connectivity index (χ1) is 10.2. The van der Waals surface area contributed by atoms with Crippen LogP contribution >= 0.6 is 0 Å². The largest absolute Gasteiger partial charge is 0.497 e. The molecule has 2 rings (SSSR count). The Morgan fingerprint density at radius 3 is 2.81 bits per heavy atom. The Kier molecular flexibility index (Phi) is 5.44. The Morgan fingerprint density at radius 2 is 2.19 bits per heavy atom. The van der Waals surface area contributed by atoms with Crippen LogP contribution in [0.4, 0.5) is 0 Å². The lowest BCUT2D eigenvalue weighted by Crippen LogP contribution is -2.41. The Hall–Kier alpha value is -1.75.